The number of nitrogens with one attached hydrogen (secondary N) is 1. The monoisotopic (exact) mass is 277 g/mol. The summed E-state index contributed by atoms with van der Waals surface area (Å²) in [6, 6.07) is 5.54. The number of rotatable bonds is 3. The van der Waals surface area contributed by atoms with E-state index in [0.29, 0.717) is 11.7 Å². The van der Waals surface area contributed by atoms with Crippen LogP contribution in [0.25, 0.3) is 0 Å². The molecule has 1 atom stereocenters. The molecule has 3 rings (SSSR count). The lowest BCUT2D eigenvalue weighted by Gasteiger charge is -2.38. The SMILES string of the molecule is NNc1cc(N2CCN3CCCC3C2)cc([N+](=O)[O-])c1. The van der Waals surface area contributed by atoms with Crippen LogP contribution in [-0.4, -0.2) is 42.0 Å². The molecule has 2 saturated heterocycles. The van der Waals surface area contributed by atoms with E-state index in [9.17, 15) is 10.1 Å². The van der Waals surface area contributed by atoms with Gasteiger partial charge in [0, 0.05) is 43.5 Å². The molecule has 7 nitrogen and oxygen atoms in total. The number of nitro benzene ring substituents is 1. The third-order valence-corrected chi connectivity index (χ3v) is 4.23. The zero-order chi connectivity index (χ0) is 14.1. The summed E-state index contributed by atoms with van der Waals surface area (Å²) in [7, 11) is 0. The largest absolute Gasteiger partial charge is 0.368 e. The first-order valence-electron chi connectivity index (χ1n) is 6.92. The van der Waals surface area contributed by atoms with Gasteiger partial charge in [0.05, 0.1) is 10.6 Å². The van der Waals surface area contributed by atoms with Crippen molar-refractivity contribution in [1.82, 2.24) is 4.90 Å². The fourth-order valence-corrected chi connectivity index (χ4v) is 3.19. The molecule has 0 aliphatic carbocycles. The van der Waals surface area contributed by atoms with Crippen molar-refractivity contribution < 1.29 is 4.92 Å². The normalized spacial score (nSPS) is 22.6. The zero-order valence-corrected chi connectivity index (χ0v) is 11.3. The van der Waals surface area contributed by atoms with E-state index < -0.39 is 0 Å². The molecule has 0 amide bonds. The number of hydrogen-bond acceptors (Lipinski definition) is 6. The zero-order valence-electron chi connectivity index (χ0n) is 11.3. The van der Waals surface area contributed by atoms with Crippen molar-refractivity contribution in [2.24, 2.45) is 5.84 Å². The minimum absolute atomic E-state index is 0.0734. The summed E-state index contributed by atoms with van der Waals surface area (Å²) in [5.74, 6) is 5.40. The molecule has 3 N–H and O–H groups in total. The lowest BCUT2D eigenvalue weighted by molar-refractivity contribution is -0.384. The highest BCUT2D eigenvalue weighted by Gasteiger charge is 2.31. The predicted molar refractivity (Wildman–Crippen MR) is 77.7 cm³/mol. The number of nitrogens with zero attached hydrogens (tertiary/aromatic N) is 3. The molecule has 1 aromatic rings. The maximum atomic E-state index is 11.0. The van der Waals surface area contributed by atoms with E-state index >= 15 is 0 Å². The third kappa shape index (κ3) is 2.41. The van der Waals surface area contributed by atoms with Gasteiger partial charge in [0.25, 0.3) is 5.69 Å². The molecule has 20 heavy (non-hydrogen) atoms. The molecule has 0 saturated carbocycles. The second-order valence-electron chi connectivity index (χ2n) is 5.42. The van der Waals surface area contributed by atoms with Gasteiger partial charge in [-0.2, -0.15) is 0 Å². The van der Waals surface area contributed by atoms with Gasteiger partial charge in [0.1, 0.15) is 0 Å². The number of fused-ring (bicyclic) bond motifs is 1. The second kappa shape index (κ2) is 5.26. The van der Waals surface area contributed by atoms with E-state index in [1.54, 1.807) is 6.07 Å². The van der Waals surface area contributed by atoms with Gasteiger partial charge in [0.15, 0.2) is 0 Å². The first-order chi connectivity index (χ1) is 9.67. The molecule has 1 unspecified atom stereocenters. The molecule has 108 valence electrons. The van der Waals surface area contributed by atoms with E-state index in [4.69, 9.17) is 5.84 Å². The highest BCUT2D eigenvalue weighted by molar-refractivity contribution is 5.64. The number of nitrogens with two attached hydrogens (primary N) is 1. The van der Waals surface area contributed by atoms with E-state index in [0.717, 1.165) is 25.3 Å². The molecule has 2 fully saturated rings. The molecule has 0 spiro atoms. The van der Waals surface area contributed by atoms with Crippen LogP contribution < -0.4 is 16.2 Å². The average Bonchev–Trinajstić information content (AvgIpc) is 2.94. The van der Waals surface area contributed by atoms with E-state index in [1.807, 2.05) is 6.07 Å². The van der Waals surface area contributed by atoms with Crippen LogP contribution >= 0.6 is 0 Å². The second-order valence-corrected chi connectivity index (χ2v) is 5.42. The maximum absolute atomic E-state index is 11.0. The quantitative estimate of drug-likeness (QED) is 0.490. The third-order valence-electron chi connectivity index (χ3n) is 4.23. The van der Waals surface area contributed by atoms with Crippen LogP contribution in [-0.2, 0) is 0 Å². The molecular formula is C13H19N5O2. The van der Waals surface area contributed by atoms with Crippen molar-refractivity contribution in [1.29, 1.82) is 0 Å². The summed E-state index contributed by atoms with van der Waals surface area (Å²) in [5.41, 5.74) is 4.03. The number of hydrazine groups is 1. The topological polar surface area (TPSA) is 87.7 Å². The van der Waals surface area contributed by atoms with E-state index in [1.165, 1.54) is 25.5 Å². The van der Waals surface area contributed by atoms with Gasteiger partial charge in [0.2, 0.25) is 0 Å². The van der Waals surface area contributed by atoms with Crippen LogP contribution in [0, 0.1) is 10.1 Å². The first-order valence-corrected chi connectivity index (χ1v) is 6.92. The Hall–Kier alpha value is -1.86. The Morgan fingerprint density at radius 1 is 1.30 bits per heavy atom. The van der Waals surface area contributed by atoms with Gasteiger partial charge < -0.3 is 10.3 Å². The molecule has 1 aromatic carbocycles. The van der Waals surface area contributed by atoms with Crippen molar-refractivity contribution in [2.45, 2.75) is 18.9 Å². The van der Waals surface area contributed by atoms with Crippen LogP contribution in [0.15, 0.2) is 18.2 Å². The molecule has 0 aromatic heterocycles. The van der Waals surface area contributed by atoms with E-state index in [2.05, 4.69) is 15.2 Å². The molecule has 2 aliphatic heterocycles. The average molecular weight is 277 g/mol. The van der Waals surface area contributed by atoms with Crippen LogP contribution in [0.5, 0.6) is 0 Å². The highest BCUT2D eigenvalue weighted by Crippen LogP contribution is 2.30. The number of hydrogen-bond donors (Lipinski definition) is 2. The van der Waals surface area contributed by atoms with E-state index in [-0.39, 0.29) is 10.6 Å². The van der Waals surface area contributed by atoms with Crippen molar-refractivity contribution in [3.8, 4) is 0 Å². The number of anilines is 2. The summed E-state index contributed by atoms with van der Waals surface area (Å²) in [6.07, 6.45) is 2.47. The number of benzene rings is 1. The lowest BCUT2D eigenvalue weighted by atomic mass is 10.1. The number of nitrogen functional groups attached to an aromatic ring is 1. The van der Waals surface area contributed by atoms with Crippen molar-refractivity contribution in [3.63, 3.8) is 0 Å². The van der Waals surface area contributed by atoms with Gasteiger partial charge in [-0.05, 0) is 25.5 Å². The molecule has 0 radical (unpaired) electrons. The standard InChI is InChI=1S/C13H19N5O2/c14-15-10-6-12(8-13(7-10)18(19)20)17-5-4-16-3-1-2-11(16)9-17/h6-8,11,15H,1-5,9,14H2. The first kappa shape index (κ1) is 13.1. The van der Waals surface area contributed by atoms with Gasteiger partial charge in [-0.1, -0.05) is 0 Å². The van der Waals surface area contributed by atoms with Crippen LogP contribution in [0.3, 0.4) is 0 Å². The summed E-state index contributed by atoms with van der Waals surface area (Å²) < 4.78 is 0. The lowest BCUT2D eigenvalue weighted by Crippen LogP contribution is -2.50. The minimum atomic E-state index is -0.379. The highest BCUT2D eigenvalue weighted by atomic mass is 16.6. The molecule has 2 aliphatic rings. The summed E-state index contributed by atoms with van der Waals surface area (Å²) in [5, 5.41) is 11.0. The Balaban J connectivity index is 1.85. The molecule has 2 heterocycles. The van der Waals surface area contributed by atoms with Crippen molar-refractivity contribution in [3.05, 3.63) is 28.3 Å². The van der Waals surface area contributed by atoms with Gasteiger partial charge in [-0.3, -0.25) is 20.9 Å². The minimum Gasteiger partial charge on any atom is -0.368 e. The predicted octanol–water partition coefficient (Wildman–Crippen LogP) is 1.16. The molecule has 7 heteroatoms. The Kier molecular flexibility index (Phi) is 3.45. The number of nitro groups is 1. The van der Waals surface area contributed by atoms with Crippen LogP contribution in [0.2, 0.25) is 0 Å². The van der Waals surface area contributed by atoms with Gasteiger partial charge in [-0.15, -0.1) is 0 Å². The molecular weight excluding hydrogens is 258 g/mol. The van der Waals surface area contributed by atoms with Gasteiger partial charge in [-0.25, -0.2) is 0 Å². The summed E-state index contributed by atoms with van der Waals surface area (Å²) >= 11 is 0. The molecule has 0 bridgehead atoms. The van der Waals surface area contributed by atoms with Gasteiger partial charge >= 0.3 is 0 Å². The summed E-state index contributed by atoms with van der Waals surface area (Å²) in [6.45, 7) is 4.05. The van der Waals surface area contributed by atoms with Crippen LogP contribution in [0.1, 0.15) is 12.8 Å². The van der Waals surface area contributed by atoms with Crippen molar-refractivity contribution in [2.75, 3.05) is 36.5 Å². The Morgan fingerprint density at radius 2 is 2.15 bits per heavy atom. The van der Waals surface area contributed by atoms with Crippen LogP contribution in [0.4, 0.5) is 17.1 Å². The van der Waals surface area contributed by atoms with Crippen molar-refractivity contribution >= 4 is 17.1 Å². The Morgan fingerprint density at radius 3 is 2.90 bits per heavy atom. The Bertz CT molecular complexity index is 521. The smallest absolute Gasteiger partial charge is 0.273 e. The fourth-order valence-electron chi connectivity index (χ4n) is 3.19. The fraction of sp³-hybridized carbons (Fsp3) is 0.538. The number of non-ortho nitro benzene ring substituents is 1. The number of piperazine rings is 1. The maximum Gasteiger partial charge on any atom is 0.273 e. The summed E-state index contributed by atoms with van der Waals surface area (Å²) in [4.78, 5) is 15.4. The Labute approximate surface area is 117 Å².